The molecular formula is C14H18N2O4S. The molecule has 7 heteroatoms. The first-order valence-corrected chi connectivity index (χ1v) is 7.88. The molecule has 1 aromatic carbocycles. The number of sulfonamides is 1. The molecule has 0 aromatic heterocycles. The second kappa shape index (κ2) is 7.20. The molecule has 0 fully saturated rings. The number of hydrogen-bond acceptors (Lipinski definition) is 4. The topological polar surface area (TPSA) is 98.5 Å². The number of rotatable bonds is 7. The molecule has 1 N–H and O–H groups in total. The Labute approximate surface area is 124 Å². The van der Waals surface area contributed by atoms with Crippen molar-refractivity contribution < 1.29 is 18.3 Å². The van der Waals surface area contributed by atoms with E-state index in [1.54, 1.807) is 19.1 Å². The van der Waals surface area contributed by atoms with Crippen LogP contribution in [0.2, 0.25) is 0 Å². The summed E-state index contributed by atoms with van der Waals surface area (Å²) in [4.78, 5) is 10.6. The lowest BCUT2D eigenvalue weighted by Gasteiger charge is -2.22. The summed E-state index contributed by atoms with van der Waals surface area (Å²) in [5, 5.41) is 17.3. The molecule has 0 radical (unpaired) electrons. The zero-order valence-electron chi connectivity index (χ0n) is 12.0. The predicted octanol–water partition coefficient (Wildman–Crippen LogP) is 1.63. The third-order valence-corrected chi connectivity index (χ3v) is 5.22. The summed E-state index contributed by atoms with van der Waals surface area (Å²) in [7, 11) is -2.20. The number of carboxylic acids is 1. The van der Waals surface area contributed by atoms with Crippen LogP contribution in [0.5, 0.6) is 0 Å². The largest absolute Gasteiger partial charge is 0.481 e. The molecule has 1 aromatic rings. The summed E-state index contributed by atoms with van der Waals surface area (Å²) < 4.78 is 25.9. The van der Waals surface area contributed by atoms with Gasteiger partial charge >= 0.3 is 5.97 Å². The molecule has 0 aliphatic heterocycles. The Morgan fingerprint density at radius 1 is 1.38 bits per heavy atom. The molecule has 1 atom stereocenters. The van der Waals surface area contributed by atoms with Gasteiger partial charge in [0, 0.05) is 19.5 Å². The van der Waals surface area contributed by atoms with E-state index in [2.05, 4.69) is 0 Å². The second-order valence-corrected chi connectivity index (χ2v) is 6.77. The molecule has 0 bridgehead atoms. The highest BCUT2D eigenvalue weighted by molar-refractivity contribution is 7.89. The first-order valence-electron chi connectivity index (χ1n) is 6.44. The second-order valence-electron chi connectivity index (χ2n) is 4.77. The van der Waals surface area contributed by atoms with Gasteiger partial charge in [-0.15, -0.1) is 0 Å². The van der Waals surface area contributed by atoms with Gasteiger partial charge in [0.25, 0.3) is 0 Å². The van der Waals surface area contributed by atoms with Gasteiger partial charge in [0.1, 0.15) is 0 Å². The summed E-state index contributed by atoms with van der Waals surface area (Å²) in [6.45, 7) is 1.67. The molecule has 0 aliphatic rings. The van der Waals surface area contributed by atoms with Gasteiger partial charge in [-0.25, -0.2) is 8.42 Å². The SMILES string of the molecule is CC(CC#N)N(C)S(=O)(=O)c1ccc(CCC(=O)O)cc1. The molecular weight excluding hydrogens is 292 g/mol. The van der Waals surface area contributed by atoms with Gasteiger partial charge in [-0.2, -0.15) is 9.57 Å². The van der Waals surface area contributed by atoms with Gasteiger partial charge in [-0.05, 0) is 31.0 Å². The molecule has 0 saturated carbocycles. The summed E-state index contributed by atoms with van der Waals surface area (Å²) in [6.07, 6.45) is 0.480. The van der Waals surface area contributed by atoms with Gasteiger partial charge in [0.15, 0.2) is 0 Å². The number of carboxylic acid groups (broad SMARTS) is 1. The highest BCUT2D eigenvalue weighted by Crippen LogP contribution is 2.18. The number of aryl methyl sites for hydroxylation is 1. The number of carbonyl (C=O) groups is 1. The maximum Gasteiger partial charge on any atom is 0.303 e. The van der Waals surface area contributed by atoms with E-state index in [0.29, 0.717) is 6.42 Å². The summed E-state index contributed by atoms with van der Waals surface area (Å²) in [5.41, 5.74) is 0.768. The van der Waals surface area contributed by atoms with Crippen molar-refractivity contribution in [3.63, 3.8) is 0 Å². The fraction of sp³-hybridized carbons (Fsp3) is 0.429. The van der Waals surface area contributed by atoms with Crippen molar-refractivity contribution in [3.8, 4) is 6.07 Å². The highest BCUT2D eigenvalue weighted by Gasteiger charge is 2.25. The molecule has 21 heavy (non-hydrogen) atoms. The van der Waals surface area contributed by atoms with Crippen LogP contribution in [0.1, 0.15) is 25.3 Å². The van der Waals surface area contributed by atoms with Crippen LogP contribution in [0.15, 0.2) is 29.2 Å². The Kier molecular flexibility index (Phi) is 5.88. The predicted molar refractivity (Wildman–Crippen MR) is 77.0 cm³/mol. The monoisotopic (exact) mass is 310 g/mol. The van der Waals surface area contributed by atoms with E-state index in [0.717, 1.165) is 5.56 Å². The van der Waals surface area contributed by atoms with Crippen molar-refractivity contribution in [2.45, 2.75) is 37.1 Å². The van der Waals surface area contributed by atoms with Crippen LogP contribution in [0.3, 0.4) is 0 Å². The van der Waals surface area contributed by atoms with E-state index in [1.807, 2.05) is 6.07 Å². The van der Waals surface area contributed by atoms with Crippen LogP contribution in [0.4, 0.5) is 0 Å². The standard InChI is InChI=1S/C14H18N2O4S/c1-11(9-10-15)16(2)21(19,20)13-6-3-12(4-7-13)5-8-14(17)18/h3-4,6-7,11H,5,8-9H2,1-2H3,(H,17,18). The quantitative estimate of drug-likeness (QED) is 0.825. The summed E-state index contributed by atoms with van der Waals surface area (Å²) in [5.74, 6) is -0.892. The van der Waals surface area contributed by atoms with E-state index in [-0.39, 0.29) is 17.7 Å². The van der Waals surface area contributed by atoms with Crippen molar-refractivity contribution >= 4 is 16.0 Å². The van der Waals surface area contributed by atoms with Crippen LogP contribution in [0.25, 0.3) is 0 Å². The minimum absolute atomic E-state index is 0.00516. The van der Waals surface area contributed by atoms with Crippen LogP contribution >= 0.6 is 0 Å². The first-order chi connectivity index (χ1) is 9.78. The Hall–Kier alpha value is -1.91. The third-order valence-electron chi connectivity index (χ3n) is 3.24. The smallest absolute Gasteiger partial charge is 0.303 e. The van der Waals surface area contributed by atoms with Crippen molar-refractivity contribution in [2.75, 3.05) is 7.05 Å². The molecule has 0 heterocycles. The number of nitrogens with zero attached hydrogens (tertiary/aromatic N) is 2. The average Bonchev–Trinajstić information content (AvgIpc) is 2.45. The Balaban J connectivity index is 2.90. The number of nitriles is 1. The maximum atomic E-state index is 12.3. The molecule has 0 amide bonds. The van der Waals surface area contributed by atoms with E-state index in [9.17, 15) is 13.2 Å². The molecule has 0 saturated heterocycles. The van der Waals surface area contributed by atoms with E-state index in [1.165, 1.54) is 23.5 Å². The number of hydrogen-bond donors (Lipinski definition) is 1. The van der Waals surface area contributed by atoms with Gasteiger partial charge in [0.05, 0.1) is 17.4 Å². The Bertz CT molecular complexity index is 632. The van der Waals surface area contributed by atoms with Crippen molar-refractivity contribution in [1.29, 1.82) is 5.26 Å². The van der Waals surface area contributed by atoms with Crippen LogP contribution in [-0.2, 0) is 21.2 Å². The summed E-state index contributed by atoms with van der Waals surface area (Å²) in [6, 6.07) is 7.68. The lowest BCUT2D eigenvalue weighted by Crippen LogP contribution is -2.34. The zero-order chi connectivity index (χ0) is 16.0. The lowest BCUT2D eigenvalue weighted by atomic mass is 10.1. The maximum absolute atomic E-state index is 12.3. The molecule has 0 aliphatic carbocycles. The Morgan fingerprint density at radius 3 is 2.43 bits per heavy atom. The number of aliphatic carboxylic acids is 1. The van der Waals surface area contributed by atoms with Gasteiger partial charge in [-0.1, -0.05) is 12.1 Å². The van der Waals surface area contributed by atoms with E-state index in [4.69, 9.17) is 10.4 Å². The molecule has 114 valence electrons. The van der Waals surface area contributed by atoms with Crippen molar-refractivity contribution in [3.05, 3.63) is 29.8 Å². The third kappa shape index (κ3) is 4.55. The molecule has 1 rings (SSSR count). The number of benzene rings is 1. The Morgan fingerprint density at radius 2 is 1.95 bits per heavy atom. The van der Waals surface area contributed by atoms with Crippen LogP contribution < -0.4 is 0 Å². The fourth-order valence-corrected chi connectivity index (χ4v) is 3.10. The van der Waals surface area contributed by atoms with Crippen LogP contribution in [0, 0.1) is 11.3 Å². The lowest BCUT2D eigenvalue weighted by molar-refractivity contribution is -0.136. The normalized spacial score (nSPS) is 12.9. The molecule has 0 spiro atoms. The summed E-state index contributed by atoms with van der Waals surface area (Å²) >= 11 is 0. The van der Waals surface area contributed by atoms with E-state index < -0.39 is 22.0 Å². The minimum Gasteiger partial charge on any atom is -0.481 e. The van der Waals surface area contributed by atoms with Crippen LogP contribution in [-0.4, -0.2) is 36.9 Å². The molecule has 1 unspecified atom stereocenters. The average molecular weight is 310 g/mol. The van der Waals surface area contributed by atoms with E-state index >= 15 is 0 Å². The molecule has 6 nitrogen and oxygen atoms in total. The fourth-order valence-electron chi connectivity index (χ4n) is 1.74. The van der Waals surface area contributed by atoms with Gasteiger partial charge < -0.3 is 5.11 Å². The highest BCUT2D eigenvalue weighted by atomic mass is 32.2. The minimum atomic E-state index is -3.64. The van der Waals surface area contributed by atoms with Crippen molar-refractivity contribution in [2.24, 2.45) is 0 Å². The van der Waals surface area contributed by atoms with Gasteiger partial charge in [-0.3, -0.25) is 4.79 Å². The van der Waals surface area contributed by atoms with Crippen molar-refractivity contribution in [1.82, 2.24) is 4.31 Å². The van der Waals surface area contributed by atoms with Gasteiger partial charge in [0.2, 0.25) is 10.0 Å². The first kappa shape index (κ1) is 17.1. The zero-order valence-corrected chi connectivity index (χ0v) is 12.8.